The number of nitrogens with one attached hydrogen (secondary N) is 1. The van der Waals surface area contributed by atoms with Crippen LogP contribution in [0.25, 0.3) is 0 Å². The number of nitrogens with two attached hydrogens (primary N) is 1. The summed E-state index contributed by atoms with van der Waals surface area (Å²) in [6.07, 6.45) is 4.60. The number of hydrogen-bond donors (Lipinski definition) is 2. The van der Waals surface area contributed by atoms with E-state index in [0.717, 1.165) is 43.2 Å². The average Bonchev–Trinajstić information content (AvgIpc) is 2.67. The molecule has 1 fully saturated rings. The minimum atomic E-state index is -3.98. The van der Waals surface area contributed by atoms with Gasteiger partial charge in [-0.25, -0.2) is 13.6 Å². The number of ether oxygens (including phenoxy) is 1. The molecule has 2 aromatic carbocycles. The molecule has 0 bridgehead atoms. The largest absolute Gasteiger partial charge is 0.495 e. The molecule has 3 N–H and O–H groups in total. The van der Waals surface area contributed by atoms with Gasteiger partial charge in [-0.3, -0.25) is 4.79 Å². The lowest BCUT2D eigenvalue weighted by Crippen LogP contribution is -2.42. The molecule has 1 aliphatic rings. The zero-order valence-electron chi connectivity index (χ0n) is 16.2. The maximum atomic E-state index is 13.4. The van der Waals surface area contributed by atoms with Gasteiger partial charge >= 0.3 is 0 Å². The molecule has 0 heterocycles. The number of carbonyl (C=O) groups is 1. The van der Waals surface area contributed by atoms with Gasteiger partial charge in [0.15, 0.2) is 0 Å². The van der Waals surface area contributed by atoms with Crippen molar-refractivity contribution in [2.75, 3.05) is 12.4 Å². The van der Waals surface area contributed by atoms with Gasteiger partial charge in [-0.15, -0.1) is 0 Å². The number of aryl methyl sites for hydroxylation is 1. The fourth-order valence-corrected chi connectivity index (χ4v) is 4.70. The van der Waals surface area contributed by atoms with Crippen LogP contribution in [-0.2, 0) is 20.2 Å². The lowest BCUT2D eigenvalue weighted by molar-refractivity contribution is -0.122. The van der Waals surface area contributed by atoms with Crippen LogP contribution in [0.15, 0.2) is 47.4 Å². The summed E-state index contributed by atoms with van der Waals surface area (Å²) in [5, 5.41) is 8.21. The van der Waals surface area contributed by atoms with E-state index in [4.69, 9.17) is 9.88 Å². The van der Waals surface area contributed by atoms with E-state index in [0.29, 0.717) is 5.69 Å². The summed E-state index contributed by atoms with van der Waals surface area (Å²) in [6, 6.07) is 12.5. The van der Waals surface area contributed by atoms with Crippen LogP contribution in [0, 0.1) is 6.92 Å². The van der Waals surface area contributed by atoms with E-state index in [1.54, 1.807) is 6.07 Å². The SMILES string of the molecule is COc1ccc(NC(=O)C2(c3cccc(C)c3)CCCCC2)cc1S(N)(=O)=O. The number of carbonyl (C=O) groups excluding carboxylic acids is 1. The second kappa shape index (κ2) is 7.93. The van der Waals surface area contributed by atoms with Gasteiger partial charge in [-0.05, 0) is 43.5 Å². The summed E-state index contributed by atoms with van der Waals surface area (Å²) in [6.45, 7) is 2.01. The van der Waals surface area contributed by atoms with E-state index in [9.17, 15) is 13.2 Å². The van der Waals surface area contributed by atoms with Gasteiger partial charge in [0, 0.05) is 5.69 Å². The van der Waals surface area contributed by atoms with Gasteiger partial charge in [0.2, 0.25) is 15.9 Å². The predicted molar refractivity (Wildman–Crippen MR) is 109 cm³/mol. The average molecular weight is 403 g/mol. The number of benzene rings is 2. The van der Waals surface area contributed by atoms with E-state index in [1.165, 1.54) is 19.2 Å². The molecule has 6 nitrogen and oxygen atoms in total. The molecule has 1 aliphatic carbocycles. The van der Waals surface area contributed by atoms with Gasteiger partial charge in [-0.1, -0.05) is 49.1 Å². The Morgan fingerprint density at radius 1 is 1.11 bits per heavy atom. The highest BCUT2D eigenvalue weighted by atomic mass is 32.2. The zero-order chi connectivity index (χ0) is 20.4. The van der Waals surface area contributed by atoms with Crippen molar-refractivity contribution in [1.29, 1.82) is 0 Å². The summed E-state index contributed by atoms with van der Waals surface area (Å²) in [5.41, 5.74) is 1.87. The van der Waals surface area contributed by atoms with Gasteiger partial charge in [0.25, 0.3) is 0 Å². The molecule has 0 radical (unpaired) electrons. The second-order valence-electron chi connectivity index (χ2n) is 7.38. The fraction of sp³-hybridized carbons (Fsp3) is 0.381. The molecule has 0 aliphatic heterocycles. The molecule has 0 saturated heterocycles. The molecule has 3 rings (SSSR count). The van der Waals surface area contributed by atoms with E-state index in [1.807, 2.05) is 25.1 Å². The van der Waals surface area contributed by atoms with Crippen LogP contribution in [0.5, 0.6) is 5.75 Å². The minimum Gasteiger partial charge on any atom is -0.495 e. The van der Waals surface area contributed by atoms with E-state index in [2.05, 4.69) is 11.4 Å². The summed E-state index contributed by atoms with van der Waals surface area (Å²) in [7, 11) is -2.61. The van der Waals surface area contributed by atoms with Crippen LogP contribution in [0.2, 0.25) is 0 Å². The third-order valence-corrected chi connectivity index (χ3v) is 6.37. The first-order valence-corrected chi connectivity index (χ1v) is 10.9. The first-order chi connectivity index (χ1) is 13.3. The van der Waals surface area contributed by atoms with Crippen molar-refractivity contribution < 1.29 is 17.9 Å². The molecule has 2 aromatic rings. The maximum Gasteiger partial charge on any atom is 0.241 e. The van der Waals surface area contributed by atoms with Crippen LogP contribution in [0.3, 0.4) is 0 Å². The molecule has 150 valence electrons. The van der Waals surface area contributed by atoms with Crippen molar-refractivity contribution in [3.63, 3.8) is 0 Å². The minimum absolute atomic E-state index is 0.122. The van der Waals surface area contributed by atoms with Crippen LogP contribution in [-0.4, -0.2) is 21.4 Å². The highest BCUT2D eigenvalue weighted by Crippen LogP contribution is 2.41. The summed E-state index contributed by atoms with van der Waals surface area (Å²) < 4.78 is 28.8. The van der Waals surface area contributed by atoms with Crippen LogP contribution in [0.4, 0.5) is 5.69 Å². The Hall–Kier alpha value is -2.38. The Labute approximate surface area is 166 Å². The smallest absolute Gasteiger partial charge is 0.241 e. The number of sulfonamides is 1. The van der Waals surface area contributed by atoms with Crippen molar-refractivity contribution in [3.05, 3.63) is 53.6 Å². The summed E-state index contributed by atoms with van der Waals surface area (Å²) >= 11 is 0. The second-order valence-corrected chi connectivity index (χ2v) is 8.91. The summed E-state index contributed by atoms with van der Waals surface area (Å²) in [5.74, 6) is 0.0231. The zero-order valence-corrected chi connectivity index (χ0v) is 17.0. The molecule has 1 amide bonds. The Morgan fingerprint density at radius 2 is 1.82 bits per heavy atom. The molecular weight excluding hydrogens is 376 g/mol. The van der Waals surface area contributed by atoms with Crippen LogP contribution < -0.4 is 15.2 Å². The number of primary sulfonamides is 1. The third kappa shape index (κ3) is 4.05. The highest BCUT2D eigenvalue weighted by molar-refractivity contribution is 7.89. The summed E-state index contributed by atoms with van der Waals surface area (Å²) in [4.78, 5) is 13.2. The lowest BCUT2D eigenvalue weighted by atomic mass is 9.68. The van der Waals surface area contributed by atoms with Crippen molar-refractivity contribution >= 4 is 21.6 Å². The molecule has 0 atom stereocenters. The number of amides is 1. The van der Waals surface area contributed by atoms with Crippen molar-refractivity contribution in [3.8, 4) is 5.75 Å². The Bertz CT molecular complexity index is 980. The lowest BCUT2D eigenvalue weighted by Gasteiger charge is -2.36. The molecule has 0 aromatic heterocycles. The number of rotatable bonds is 5. The first-order valence-electron chi connectivity index (χ1n) is 9.36. The molecule has 28 heavy (non-hydrogen) atoms. The van der Waals surface area contributed by atoms with Gasteiger partial charge in [0.1, 0.15) is 10.6 Å². The van der Waals surface area contributed by atoms with Crippen molar-refractivity contribution in [1.82, 2.24) is 0 Å². The first kappa shape index (κ1) is 20.4. The maximum absolute atomic E-state index is 13.4. The normalized spacial score (nSPS) is 16.4. The van der Waals surface area contributed by atoms with Crippen LogP contribution >= 0.6 is 0 Å². The monoisotopic (exact) mass is 402 g/mol. The van der Waals surface area contributed by atoms with Gasteiger partial charge in [0.05, 0.1) is 12.5 Å². The Balaban J connectivity index is 1.97. The molecule has 7 heteroatoms. The van der Waals surface area contributed by atoms with Crippen LogP contribution in [0.1, 0.15) is 43.2 Å². The number of hydrogen-bond acceptors (Lipinski definition) is 4. The fourth-order valence-electron chi connectivity index (χ4n) is 3.97. The molecule has 1 saturated carbocycles. The Morgan fingerprint density at radius 3 is 2.43 bits per heavy atom. The molecular formula is C21H26N2O4S. The standard InChI is InChI=1S/C21H26N2O4S/c1-15-7-6-8-16(13-15)21(11-4-3-5-12-21)20(24)23-17-9-10-18(27-2)19(14-17)28(22,25)26/h6-10,13-14H,3-5,11-12H2,1-2H3,(H,23,24)(H2,22,25,26). The predicted octanol–water partition coefficient (Wildman–Crippen LogP) is 3.49. The van der Waals surface area contributed by atoms with E-state index < -0.39 is 15.4 Å². The molecule has 0 spiro atoms. The molecule has 0 unspecified atom stereocenters. The van der Waals surface area contributed by atoms with E-state index in [-0.39, 0.29) is 16.6 Å². The number of methoxy groups -OCH3 is 1. The van der Waals surface area contributed by atoms with E-state index >= 15 is 0 Å². The Kier molecular flexibility index (Phi) is 5.76. The van der Waals surface area contributed by atoms with Crippen molar-refractivity contribution in [2.24, 2.45) is 5.14 Å². The number of anilines is 1. The topological polar surface area (TPSA) is 98.5 Å². The van der Waals surface area contributed by atoms with Gasteiger partial charge < -0.3 is 10.1 Å². The quantitative estimate of drug-likeness (QED) is 0.800. The van der Waals surface area contributed by atoms with Crippen molar-refractivity contribution in [2.45, 2.75) is 49.3 Å². The highest BCUT2D eigenvalue weighted by Gasteiger charge is 2.41. The third-order valence-electron chi connectivity index (χ3n) is 5.44. The van der Waals surface area contributed by atoms with Gasteiger partial charge in [-0.2, -0.15) is 0 Å².